The van der Waals surface area contributed by atoms with Gasteiger partial charge in [0.1, 0.15) is 0 Å². The van der Waals surface area contributed by atoms with Gasteiger partial charge in [-0.05, 0) is 36.6 Å². The van der Waals surface area contributed by atoms with Crippen molar-refractivity contribution in [3.63, 3.8) is 0 Å². The zero-order valence-electron chi connectivity index (χ0n) is 12.6. The minimum atomic E-state index is -0.0471. The predicted molar refractivity (Wildman–Crippen MR) is 82.0 cm³/mol. The fourth-order valence-electron chi connectivity index (χ4n) is 2.36. The Bertz CT molecular complexity index is 547. The third-order valence-electron chi connectivity index (χ3n) is 3.50. The van der Waals surface area contributed by atoms with Crippen molar-refractivity contribution in [1.82, 2.24) is 0 Å². The van der Waals surface area contributed by atoms with Crippen molar-refractivity contribution in [3.8, 4) is 17.2 Å². The molecule has 0 radical (unpaired) electrons. The van der Waals surface area contributed by atoms with Gasteiger partial charge >= 0.3 is 0 Å². The molecule has 1 aliphatic rings. The Balaban J connectivity index is 2.27. The molecule has 1 aliphatic carbocycles. The molecular formula is C17H20O4. The summed E-state index contributed by atoms with van der Waals surface area (Å²) in [5.41, 5.74) is 0.909. The summed E-state index contributed by atoms with van der Waals surface area (Å²) in [6.07, 6.45) is 9.24. The first-order valence-corrected chi connectivity index (χ1v) is 6.88. The lowest BCUT2D eigenvalue weighted by molar-refractivity contribution is -0.117. The first kappa shape index (κ1) is 15.2. The van der Waals surface area contributed by atoms with Crippen LogP contribution in [-0.4, -0.2) is 27.1 Å². The lowest BCUT2D eigenvalue weighted by Gasteiger charge is -2.14. The number of ether oxygens (including phenoxy) is 3. The predicted octanol–water partition coefficient (Wildman–Crippen LogP) is 3.26. The number of benzene rings is 1. The second-order valence-electron chi connectivity index (χ2n) is 4.81. The molecule has 0 aromatic heterocycles. The summed E-state index contributed by atoms with van der Waals surface area (Å²) in [6, 6.07) is 3.72. The van der Waals surface area contributed by atoms with E-state index in [1.165, 1.54) is 0 Å². The molecule has 0 N–H and O–H groups in total. The highest BCUT2D eigenvalue weighted by atomic mass is 16.5. The van der Waals surface area contributed by atoms with E-state index < -0.39 is 0 Å². The number of ketones is 1. The molecule has 0 bridgehead atoms. The zero-order valence-corrected chi connectivity index (χ0v) is 12.6. The summed E-state index contributed by atoms with van der Waals surface area (Å²) in [6.45, 7) is 0. The molecule has 0 heterocycles. The maximum atomic E-state index is 11.8. The zero-order chi connectivity index (χ0) is 15.2. The molecule has 1 aromatic rings. The Morgan fingerprint density at radius 3 is 2.29 bits per heavy atom. The van der Waals surface area contributed by atoms with Crippen LogP contribution in [0.25, 0.3) is 6.08 Å². The van der Waals surface area contributed by atoms with Crippen LogP contribution in [0.5, 0.6) is 17.2 Å². The number of carbonyl (C=O) groups excluding carboxylic acids is 1. The molecule has 0 saturated carbocycles. The van der Waals surface area contributed by atoms with Gasteiger partial charge in [-0.2, -0.15) is 0 Å². The van der Waals surface area contributed by atoms with Crippen LogP contribution in [0.1, 0.15) is 18.4 Å². The average Bonchev–Trinajstić information content (AvgIpc) is 2.52. The smallest absolute Gasteiger partial charge is 0.203 e. The van der Waals surface area contributed by atoms with Crippen molar-refractivity contribution in [2.24, 2.45) is 5.92 Å². The molecule has 2 rings (SSSR count). The largest absolute Gasteiger partial charge is 0.493 e. The maximum Gasteiger partial charge on any atom is 0.203 e. The third kappa shape index (κ3) is 3.45. The Labute approximate surface area is 125 Å². The van der Waals surface area contributed by atoms with Crippen molar-refractivity contribution in [1.29, 1.82) is 0 Å². The Kier molecular flexibility index (Phi) is 5.04. The summed E-state index contributed by atoms with van der Waals surface area (Å²) >= 11 is 0. The normalized spacial score (nSPS) is 18.0. The molecule has 0 amide bonds. The Morgan fingerprint density at radius 1 is 1.10 bits per heavy atom. The monoisotopic (exact) mass is 288 g/mol. The van der Waals surface area contributed by atoms with Gasteiger partial charge < -0.3 is 14.2 Å². The second-order valence-corrected chi connectivity index (χ2v) is 4.81. The van der Waals surface area contributed by atoms with Crippen molar-refractivity contribution in [2.45, 2.75) is 12.8 Å². The molecule has 1 unspecified atom stereocenters. The van der Waals surface area contributed by atoms with Gasteiger partial charge in [0.15, 0.2) is 17.3 Å². The molecule has 112 valence electrons. The van der Waals surface area contributed by atoms with Gasteiger partial charge in [0.05, 0.1) is 21.3 Å². The van der Waals surface area contributed by atoms with Crippen LogP contribution in [0.2, 0.25) is 0 Å². The van der Waals surface area contributed by atoms with Gasteiger partial charge in [0, 0.05) is 5.92 Å². The molecule has 1 aromatic carbocycles. The average molecular weight is 288 g/mol. The van der Waals surface area contributed by atoms with Gasteiger partial charge in [0.25, 0.3) is 0 Å². The van der Waals surface area contributed by atoms with Crippen molar-refractivity contribution in [2.75, 3.05) is 21.3 Å². The third-order valence-corrected chi connectivity index (χ3v) is 3.50. The molecule has 0 spiro atoms. The number of hydrogen-bond acceptors (Lipinski definition) is 4. The number of methoxy groups -OCH3 is 3. The quantitative estimate of drug-likeness (QED) is 0.834. The van der Waals surface area contributed by atoms with Crippen LogP contribution in [0.4, 0.5) is 0 Å². The number of hydrogen-bond donors (Lipinski definition) is 0. The molecule has 0 aliphatic heterocycles. The van der Waals surface area contributed by atoms with Crippen LogP contribution in [-0.2, 0) is 4.79 Å². The van der Waals surface area contributed by atoms with E-state index in [-0.39, 0.29) is 11.7 Å². The Morgan fingerprint density at radius 2 is 1.76 bits per heavy atom. The highest BCUT2D eigenvalue weighted by Crippen LogP contribution is 2.38. The number of rotatable bonds is 5. The fraction of sp³-hybridized carbons (Fsp3) is 0.353. The lowest BCUT2D eigenvalue weighted by atomic mass is 9.92. The van der Waals surface area contributed by atoms with Crippen LogP contribution in [0.3, 0.4) is 0 Å². The second kappa shape index (κ2) is 6.97. The maximum absolute atomic E-state index is 11.8. The molecule has 21 heavy (non-hydrogen) atoms. The van der Waals surface area contributed by atoms with Gasteiger partial charge in [0.2, 0.25) is 5.75 Å². The number of carbonyl (C=O) groups is 1. The van der Waals surface area contributed by atoms with E-state index in [4.69, 9.17) is 14.2 Å². The van der Waals surface area contributed by atoms with Crippen LogP contribution >= 0.6 is 0 Å². The van der Waals surface area contributed by atoms with E-state index in [9.17, 15) is 4.79 Å². The van der Waals surface area contributed by atoms with Crippen molar-refractivity contribution in [3.05, 3.63) is 35.9 Å². The minimum Gasteiger partial charge on any atom is -0.493 e. The van der Waals surface area contributed by atoms with Crippen molar-refractivity contribution < 1.29 is 19.0 Å². The number of allylic oxidation sites excluding steroid dienone is 3. The van der Waals surface area contributed by atoms with Gasteiger partial charge in [-0.25, -0.2) is 0 Å². The molecule has 0 saturated heterocycles. The van der Waals surface area contributed by atoms with Crippen LogP contribution < -0.4 is 14.2 Å². The topological polar surface area (TPSA) is 44.8 Å². The van der Waals surface area contributed by atoms with Crippen LogP contribution in [0, 0.1) is 5.92 Å². The Hall–Kier alpha value is -2.23. The van der Waals surface area contributed by atoms with Gasteiger partial charge in [-0.15, -0.1) is 0 Å². The van der Waals surface area contributed by atoms with E-state index in [0.717, 1.165) is 18.4 Å². The molecule has 1 atom stereocenters. The standard InChI is InChI=1S/C17H20O4/c1-19-15-10-12(11-16(20-2)17(15)21-3)8-9-13-6-4-5-7-14(13)18/h5,7-11,13H,4,6H2,1-3H3/b9-8+. The summed E-state index contributed by atoms with van der Waals surface area (Å²) in [5.74, 6) is 1.88. The first-order valence-electron chi connectivity index (χ1n) is 6.88. The summed E-state index contributed by atoms with van der Waals surface area (Å²) in [7, 11) is 4.74. The fourth-order valence-corrected chi connectivity index (χ4v) is 2.36. The molecule has 0 fully saturated rings. The molecule has 4 heteroatoms. The highest BCUT2D eigenvalue weighted by Gasteiger charge is 2.16. The van der Waals surface area contributed by atoms with Gasteiger partial charge in [-0.3, -0.25) is 4.79 Å². The van der Waals surface area contributed by atoms with Crippen molar-refractivity contribution >= 4 is 11.9 Å². The summed E-state index contributed by atoms with van der Waals surface area (Å²) in [4.78, 5) is 11.8. The van der Waals surface area contributed by atoms with E-state index in [0.29, 0.717) is 17.2 Å². The summed E-state index contributed by atoms with van der Waals surface area (Å²) < 4.78 is 15.9. The minimum absolute atomic E-state index is 0.0471. The van der Waals surface area contributed by atoms with E-state index in [1.54, 1.807) is 27.4 Å². The SMILES string of the molecule is COc1cc(/C=C/C2CCC=CC2=O)cc(OC)c1OC. The molecule has 4 nitrogen and oxygen atoms in total. The molecular weight excluding hydrogens is 268 g/mol. The van der Waals surface area contributed by atoms with E-state index in [2.05, 4.69) is 0 Å². The van der Waals surface area contributed by atoms with Gasteiger partial charge in [-0.1, -0.05) is 18.2 Å². The first-order chi connectivity index (χ1) is 10.2. The van der Waals surface area contributed by atoms with Crippen LogP contribution in [0.15, 0.2) is 30.4 Å². The lowest BCUT2D eigenvalue weighted by Crippen LogP contribution is -2.12. The summed E-state index contributed by atoms with van der Waals surface area (Å²) in [5, 5.41) is 0. The van der Waals surface area contributed by atoms with E-state index in [1.807, 2.05) is 30.4 Å². The van der Waals surface area contributed by atoms with E-state index >= 15 is 0 Å². The highest BCUT2D eigenvalue weighted by molar-refractivity contribution is 5.94.